The summed E-state index contributed by atoms with van der Waals surface area (Å²) in [6, 6.07) is 19.7. The Balaban J connectivity index is 1.59. The Bertz CT molecular complexity index is 1280. The van der Waals surface area contributed by atoms with Crippen molar-refractivity contribution >= 4 is 33.9 Å². The van der Waals surface area contributed by atoms with Crippen molar-refractivity contribution < 1.29 is 18.0 Å². The van der Waals surface area contributed by atoms with E-state index >= 15 is 0 Å². The molecule has 162 valence electrons. The van der Waals surface area contributed by atoms with Crippen LogP contribution in [0.4, 0.5) is 30.2 Å². The van der Waals surface area contributed by atoms with Crippen LogP contribution in [0.2, 0.25) is 0 Å². The molecule has 0 aliphatic carbocycles. The molecule has 1 aromatic heterocycles. The molecule has 0 unspecified atom stereocenters. The Hall–Kier alpha value is -3.87. The molecule has 1 amide bonds. The van der Waals surface area contributed by atoms with Crippen molar-refractivity contribution in [1.82, 2.24) is 4.98 Å². The zero-order valence-corrected chi connectivity index (χ0v) is 17.2. The number of anilines is 3. The quantitative estimate of drug-likeness (QED) is 0.362. The van der Waals surface area contributed by atoms with Crippen LogP contribution in [0, 0.1) is 0 Å². The summed E-state index contributed by atoms with van der Waals surface area (Å²) in [6.07, 6.45) is -2.19. The van der Waals surface area contributed by atoms with Gasteiger partial charge in [0.05, 0.1) is 11.1 Å². The molecule has 4 aromatic rings. The van der Waals surface area contributed by atoms with E-state index in [0.29, 0.717) is 22.3 Å². The number of pyridine rings is 1. The van der Waals surface area contributed by atoms with Gasteiger partial charge < -0.3 is 10.6 Å². The van der Waals surface area contributed by atoms with Gasteiger partial charge in [0, 0.05) is 34.2 Å². The summed E-state index contributed by atoms with van der Waals surface area (Å²) in [7, 11) is 0. The highest BCUT2D eigenvalue weighted by atomic mass is 19.4. The van der Waals surface area contributed by atoms with Crippen LogP contribution in [0.25, 0.3) is 10.9 Å². The Kier molecular flexibility index (Phi) is 5.81. The van der Waals surface area contributed by atoms with E-state index in [0.717, 1.165) is 29.8 Å². The SMILES string of the molecule is CCc1ccccc1NC(=O)c1cccc(Nc2ccnc3cc(C(F)(F)F)ccc23)c1. The Morgan fingerprint density at radius 3 is 2.53 bits per heavy atom. The van der Waals surface area contributed by atoms with Gasteiger partial charge in [-0.2, -0.15) is 13.2 Å². The van der Waals surface area contributed by atoms with Gasteiger partial charge in [-0.05, 0) is 54.4 Å². The first-order chi connectivity index (χ1) is 15.3. The molecule has 4 rings (SSSR count). The molecule has 0 saturated carbocycles. The molecule has 0 fully saturated rings. The summed E-state index contributed by atoms with van der Waals surface area (Å²) in [5.41, 5.74) is 2.97. The van der Waals surface area contributed by atoms with Gasteiger partial charge in [-0.3, -0.25) is 9.78 Å². The second kappa shape index (κ2) is 8.70. The lowest BCUT2D eigenvalue weighted by Crippen LogP contribution is -2.13. The van der Waals surface area contributed by atoms with Crippen LogP contribution in [-0.2, 0) is 12.6 Å². The van der Waals surface area contributed by atoms with Crippen LogP contribution >= 0.6 is 0 Å². The molecule has 7 heteroatoms. The van der Waals surface area contributed by atoms with Crippen molar-refractivity contribution in [2.45, 2.75) is 19.5 Å². The zero-order valence-electron chi connectivity index (χ0n) is 17.2. The monoisotopic (exact) mass is 435 g/mol. The number of amides is 1. The van der Waals surface area contributed by atoms with Crippen LogP contribution in [0.5, 0.6) is 0 Å². The lowest BCUT2D eigenvalue weighted by molar-refractivity contribution is -0.137. The number of rotatable bonds is 5. The van der Waals surface area contributed by atoms with Gasteiger partial charge >= 0.3 is 6.18 Å². The number of hydrogen-bond acceptors (Lipinski definition) is 3. The fraction of sp³-hybridized carbons (Fsp3) is 0.120. The minimum absolute atomic E-state index is 0.231. The van der Waals surface area contributed by atoms with E-state index in [4.69, 9.17) is 0 Å². The Labute approximate surface area is 183 Å². The van der Waals surface area contributed by atoms with Crippen molar-refractivity contribution in [3.63, 3.8) is 0 Å². The van der Waals surface area contributed by atoms with E-state index in [2.05, 4.69) is 15.6 Å². The van der Waals surface area contributed by atoms with Crippen molar-refractivity contribution in [2.24, 2.45) is 0 Å². The molecular formula is C25H20F3N3O. The molecule has 0 aliphatic heterocycles. The lowest BCUT2D eigenvalue weighted by atomic mass is 10.1. The van der Waals surface area contributed by atoms with Gasteiger partial charge in [-0.1, -0.05) is 37.3 Å². The molecule has 0 bridgehead atoms. The predicted octanol–water partition coefficient (Wildman–Crippen LogP) is 6.81. The molecule has 0 aliphatic rings. The number of nitrogens with one attached hydrogen (secondary N) is 2. The summed E-state index contributed by atoms with van der Waals surface area (Å²) in [5, 5.41) is 6.67. The topological polar surface area (TPSA) is 54.0 Å². The maximum atomic E-state index is 13.0. The summed E-state index contributed by atoms with van der Waals surface area (Å²) >= 11 is 0. The first-order valence-corrected chi connectivity index (χ1v) is 10.1. The predicted molar refractivity (Wildman–Crippen MR) is 120 cm³/mol. The minimum atomic E-state index is -4.43. The second-order valence-electron chi connectivity index (χ2n) is 7.26. The van der Waals surface area contributed by atoms with Gasteiger partial charge in [0.2, 0.25) is 0 Å². The average molecular weight is 435 g/mol. The third-order valence-corrected chi connectivity index (χ3v) is 5.12. The minimum Gasteiger partial charge on any atom is -0.355 e. The van der Waals surface area contributed by atoms with E-state index in [1.54, 1.807) is 30.3 Å². The van der Waals surface area contributed by atoms with Gasteiger partial charge in [0.25, 0.3) is 5.91 Å². The first kappa shape index (κ1) is 21.4. The van der Waals surface area contributed by atoms with E-state index in [-0.39, 0.29) is 11.4 Å². The molecule has 0 spiro atoms. The summed E-state index contributed by atoms with van der Waals surface area (Å²) < 4.78 is 39.0. The van der Waals surface area contributed by atoms with Crippen molar-refractivity contribution in [1.29, 1.82) is 0 Å². The standard InChI is InChI=1S/C25H20F3N3O/c1-2-16-6-3-4-9-21(16)31-24(32)17-7-5-8-19(14-17)30-22-12-13-29-23-15-18(25(26,27)28)10-11-20(22)23/h3-15H,2H2,1H3,(H,29,30)(H,31,32). The van der Waals surface area contributed by atoms with Crippen LogP contribution in [0.15, 0.2) is 79.0 Å². The summed E-state index contributed by atoms with van der Waals surface area (Å²) in [4.78, 5) is 16.8. The third kappa shape index (κ3) is 4.56. The molecule has 32 heavy (non-hydrogen) atoms. The number of benzene rings is 3. The Morgan fingerprint density at radius 1 is 0.938 bits per heavy atom. The van der Waals surface area contributed by atoms with Crippen LogP contribution < -0.4 is 10.6 Å². The second-order valence-corrected chi connectivity index (χ2v) is 7.26. The largest absolute Gasteiger partial charge is 0.416 e. The van der Waals surface area contributed by atoms with E-state index in [1.807, 2.05) is 31.2 Å². The zero-order chi connectivity index (χ0) is 22.7. The number of carbonyl (C=O) groups excluding carboxylic acids is 1. The fourth-order valence-electron chi connectivity index (χ4n) is 3.47. The maximum absolute atomic E-state index is 13.0. The van der Waals surface area contributed by atoms with E-state index in [1.165, 1.54) is 12.3 Å². The van der Waals surface area contributed by atoms with Crippen molar-refractivity contribution in [2.75, 3.05) is 10.6 Å². The van der Waals surface area contributed by atoms with E-state index < -0.39 is 11.7 Å². The molecule has 1 heterocycles. The summed E-state index contributed by atoms with van der Waals surface area (Å²) in [5.74, 6) is -0.246. The normalized spacial score (nSPS) is 11.4. The third-order valence-electron chi connectivity index (χ3n) is 5.12. The highest BCUT2D eigenvalue weighted by molar-refractivity contribution is 6.05. The number of aromatic nitrogens is 1. The summed E-state index contributed by atoms with van der Waals surface area (Å²) in [6.45, 7) is 2.02. The van der Waals surface area contributed by atoms with Crippen LogP contribution in [0.1, 0.15) is 28.4 Å². The van der Waals surface area contributed by atoms with Gasteiger partial charge in [0.15, 0.2) is 0 Å². The number of fused-ring (bicyclic) bond motifs is 1. The lowest BCUT2D eigenvalue weighted by Gasteiger charge is -2.13. The number of hydrogen-bond donors (Lipinski definition) is 2. The maximum Gasteiger partial charge on any atom is 0.416 e. The first-order valence-electron chi connectivity index (χ1n) is 10.1. The molecule has 4 nitrogen and oxygen atoms in total. The van der Waals surface area contributed by atoms with Crippen LogP contribution in [-0.4, -0.2) is 10.9 Å². The highest BCUT2D eigenvalue weighted by Gasteiger charge is 2.30. The molecule has 0 saturated heterocycles. The number of alkyl halides is 3. The fourth-order valence-corrected chi connectivity index (χ4v) is 3.47. The number of halogens is 3. The van der Waals surface area contributed by atoms with Gasteiger partial charge in [0.1, 0.15) is 0 Å². The smallest absolute Gasteiger partial charge is 0.355 e. The van der Waals surface area contributed by atoms with Crippen molar-refractivity contribution in [3.8, 4) is 0 Å². The van der Waals surface area contributed by atoms with Crippen molar-refractivity contribution in [3.05, 3.63) is 95.7 Å². The number of carbonyl (C=O) groups is 1. The van der Waals surface area contributed by atoms with Gasteiger partial charge in [-0.15, -0.1) is 0 Å². The van der Waals surface area contributed by atoms with Crippen LogP contribution in [0.3, 0.4) is 0 Å². The number of para-hydroxylation sites is 1. The Morgan fingerprint density at radius 2 is 1.75 bits per heavy atom. The van der Waals surface area contributed by atoms with E-state index in [9.17, 15) is 18.0 Å². The number of nitrogens with zero attached hydrogens (tertiary/aromatic N) is 1. The molecule has 3 aromatic carbocycles. The molecule has 0 atom stereocenters. The molecule has 2 N–H and O–H groups in total. The highest BCUT2D eigenvalue weighted by Crippen LogP contribution is 2.33. The van der Waals surface area contributed by atoms with Gasteiger partial charge in [-0.25, -0.2) is 0 Å². The number of aryl methyl sites for hydroxylation is 1. The average Bonchev–Trinajstić information content (AvgIpc) is 2.79. The molecular weight excluding hydrogens is 415 g/mol. The molecule has 0 radical (unpaired) electrons.